The standard InChI is InChI=1S/C14H20N2OS/c1-10(2)14(8-15,9-17)7-13-16-11-5-3-4-6-12(11)18-13/h3-6,10,17H,7-9,15H2,1-2H3. The Morgan fingerprint density at radius 3 is 2.67 bits per heavy atom. The highest BCUT2D eigenvalue weighted by Gasteiger charge is 2.33. The number of benzene rings is 1. The van der Waals surface area contributed by atoms with E-state index in [9.17, 15) is 5.11 Å². The molecule has 0 aliphatic carbocycles. The summed E-state index contributed by atoms with van der Waals surface area (Å²) in [4.78, 5) is 4.63. The van der Waals surface area contributed by atoms with E-state index in [2.05, 4.69) is 24.9 Å². The zero-order valence-corrected chi connectivity index (χ0v) is 11.7. The third-order valence-electron chi connectivity index (χ3n) is 3.79. The number of hydrogen-bond donors (Lipinski definition) is 2. The van der Waals surface area contributed by atoms with Crippen molar-refractivity contribution in [2.24, 2.45) is 17.1 Å². The second-order valence-electron chi connectivity index (χ2n) is 5.13. The number of aliphatic hydroxyl groups is 1. The molecule has 4 heteroatoms. The highest BCUT2D eigenvalue weighted by molar-refractivity contribution is 7.18. The van der Waals surface area contributed by atoms with Gasteiger partial charge in [0.15, 0.2) is 0 Å². The summed E-state index contributed by atoms with van der Waals surface area (Å²) < 4.78 is 1.19. The van der Waals surface area contributed by atoms with Crippen LogP contribution in [0.25, 0.3) is 10.2 Å². The summed E-state index contributed by atoms with van der Waals surface area (Å²) in [5.74, 6) is 0.333. The zero-order chi connectivity index (χ0) is 13.2. The number of rotatable bonds is 5. The second kappa shape index (κ2) is 5.34. The molecule has 1 unspecified atom stereocenters. The molecule has 0 amide bonds. The first-order valence-electron chi connectivity index (χ1n) is 6.26. The van der Waals surface area contributed by atoms with Crippen LogP contribution in [0.5, 0.6) is 0 Å². The van der Waals surface area contributed by atoms with Gasteiger partial charge in [0.05, 0.1) is 21.8 Å². The average Bonchev–Trinajstić information content (AvgIpc) is 2.77. The molecule has 0 aliphatic rings. The molecule has 2 rings (SSSR count). The molecule has 0 radical (unpaired) electrons. The van der Waals surface area contributed by atoms with Crippen LogP contribution in [0.3, 0.4) is 0 Å². The molecule has 18 heavy (non-hydrogen) atoms. The van der Waals surface area contributed by atoms with Crippen LogP contribution in [0.15, 0.2) is 24.3 Å². The fourth-order valence-electron chi connectivity index (χ4n) is 2.11. The van der Waals surface area contributed by atoms with Crippen LogP contribution in [0.1, 0.15) is 18.9 Å². The largest absolute Gasteiger partial charge is 0.396 e. The summed E-state index contributed by atoms with van der Waals surface area (Å²) in [6.45, 7) is 4.81. The molecular formula is C14H20N2OS. The van der Waals surface area contributed by atoms with Crippen molar-refractivity contribution in [2.75, 3.05) is 13.2 Å². The predicted octanol–water partition coefficient (Wildman–Crippen LogP) is 2.43. The van der Waals surface area contributed by atoms with E-state index in [1.807, 2.05) is 18.2 Å². The van der Waals surface area contributed by atoms with Gasteiger partial charge in [-0.05, 0) is 18.1 Å². The maximum absolute atomic E-state index is 9.68. The van der Waals surface area contributed by atoms with Crippen molar-refractivity contribution < 1.29 is 5.11 Å². The molecule has 1 aromatic carbocycles. The molecule has 0 saturated heterocycles. The summed E-state index contributed by atoms with van der Waals surface area (Å²) in [7, 11) is 0. The lowest BCUT2D eigenvalue weighted by atomic mass is 9.75. The normalized spacial score (nSPS) is 15.2. The molecule has 0 bridgehead atoms. The first kappa shape index (κ1) is 13.5. The molecule has 0 saturated carbocycles. The Balaban J connectivity index is 2.31. The van der Waals surface area contributed by atoms with Gasteiger partial charge in [-0.2, -0.15) is 0 Å². The van der Waals surface area contributed by atoms with E-state index in [-0.39, 0.29) is 12.0 Å². The average molecular weight is 264 g/mol. The quantitative estimate of drug-likeness (QED) is 0.872. The number of thiazole rings is 1. The number of aromatic nitrogens is 1. The van der Waals surface area contributed by atoms with Gasteiger partial charge in [-0.25, -0.2) is 4.98 Å². The minimum absolute atomic E-state index is 0.108. The van der Waals surface area contributed by atoms with Crippen LogP contribution in [-0.2, 0) is 6.42 Å². The van der Waals surface area contributed by atoms with Gasteiger partial charge in [0.1, 0.15) is 0 Å². The van der Waals surface area contributed by atoms with Crippen LogP contribution in [0, 0.1) is 11.3 Å². The van der Waals surface area contributed by atoms with Crippen LogP contribution < -0.4 is 5.73 Å². The van der Waals surface area contributed by atoms with Gasteiger partial charge >= 0.3 is 0 Å². The van der Waals surface area contributed by atoms with Gasteiger partial charge in [0.2, 0.25) is 0 Å². The van der Waals surface area contributed by atoms with E-state index in [0.717, 1.165) is 16.9 Å². The van der Waals surface area contributed by atoms with Gasteiger partial charge in [0.25, 0.3) is 0 Å². The predicted molar refractivity (Wildman–Crippen MR) is 76.7 cm³/mol. The van der Waals surface area contributed by atoms with Crippen molar-refractivity contribution in [3.05, 3.63) is 29.3 Å². The number of hydrogen-bond acceptors (Lipinski definition) is 4. The fourth-order valence-corrected chi connectivity index (χ4v) is 3.23. The minimum atomic E-state index is -0.256. The van der Waals surface area contributed by atoms with Crippen LogP contribution in [-0.4, -0.2) is 23.2 Å². The van der Waals surface area contributed by atoms with E-state index in [4.69, 9.17) is 5.73 Å². The molecular weight excluding hydrogens is 244 g/mol. The fraction of sp³-hybridized carbons (Fsp3) is 0.500. The van der Waals surface area contributed by atoms with Crippen molar-refractivity contribution >= 4 is 21.6 Å². The smallest absolute Gasteiger partial charge is 0.0945 e. The van der Waals surface area contributed by atoms with E-state index >= 15 is 0 Å². The lowest BCUT2D eigenvalue weighted by molar-refractivity contribution is 0.0842. The van der Waals surface area contributed by atoms with Gasteiger partial charge < -0.3 is 10.8 Å². The number of nitrogens with zero attached hydrogens (tertiary/aromatic N) is 1. The van der Waals surface area contributed by atoms with Crippen LogP contribution in [0.4, 0.5) is 0 Å². The van der Waals surface area contributed by atoms with E-state index < -0.39 is 0 Å². The second-order valence-corrected chi connectivity index (χ2v) is 6.25. The van der Waals surface area contributed by atoms with E-state index in [1.165, 1.54) is 4.70 Å². The van der Waals surface area contributed by atoms with Crippen molar-refractivity contribution in [3.63, 3.8) is 0 Å². The van der Waals surface area contributed by atoms with Crippen molar-refractivity contribution in [1.29, 1.82) is 0 Å². The van der Waals surface area contributed by atoms with Gasteiger partial charge in [-0.3, -0.25) is 0 Å². The van der Waals surface area contributed by atoms with Crippen molar-refractivity contribution in [2.45, 2.75) is 20.3 Å². The third-order valence-corrected chi connectivity index (χ3v) is 4.82. The Bertz CT molecular complexity index is 484. The van der Waals surface area contributed by atoms with Gasteiger partial charge in [-0.15, -0.1) is 11.3 Å². The minimum Gasteiger partial charge on any atom is -0.396 e. The van der Waals surface area contributed by atoms with Crippen molar-refractivity contribution in [1.82, 2.24) is 4.98 Å². The summed E-state index contributed by atoms with van der Waals surface area (Å²) in [6.07, 6.45) is 0.747. The topological polar surface area (TPSA) is 59.1 Å². The Hall–Kier alpha value is -0.970. The Morgan fingerprint density at radius 1 is 1.39 bits per heavy atom. The summed E-state index contributed by atoms with van der Waals surface area (Å²) in [6, 6.07) is 8.12. The molecule has 0 fully saturated rings. The number of aliphatic hydroxyl groups excluding tert-OH is 1. The third kappa shape index (κ3) is 2.41. The lowest BCUT2D eigenvalue weighted by Gasteiger charge is -2.33. The lowest BCUT2D eigenvalue weighted by Crippen LogP contribution is -2.41. The molecule has 2 aromatic rings. The monoisotopic (exact) mass is 264 g/mol. The number of nitrogens with two attached hydrogens (primary N) is 1. The van der Waals surface area contributed by atoms with Crippen LogP contribution in [0.2, 0.25) is 0 Å². The Labute approximate surface area is 112 Å². The molecule has 1 heterocycles. The molecule has 3 N–H and O–H groups in total. The van der Waals surface area contributed by atoms with Crippen LogP contribution >= 0.6 is 11.3 Å². The van der Waals surface area contributed by atoms with Crippen molar-refractivity contribution in [3.8, 4) is 0 Å². The molecule has 3 nitrogen and oxygen atoms in total. The molecule has 1 atom stereocenters. The number of fused-ring (bicyclic) bond motifs is 1. The summed E-state index contributed by atoms with van der Waals surface area (Å²) in [5.41, 5.74) is 6.65. The SMILES string of the molecule is CC(C)C(CN)(CO)Cc1nc2ccccc2s1. The first-order valence-corrected chi connectivity index (χ1v) is 7.08. The summed E-state index contributed by atoms with van der Waals surface area (Å²) in [5, 5.41) is 10.7. The zero-order valence-electron chi connectivity index (χ0n) is 10.9. The molecule has 1 aromatic heterocycles. The Morgan fingerprint density at radius 2 is 2.11 bits per heavy atom. The summed E-state index contributed by atoms with van der Waals surface area (Å²) >= 11 is 1.69. The highest BCUT2D eigenvalue weighted by Crippen LogP contribution is 2.33. The molecule has 0 spiro atoms. The Kier molecular flexibility index (Phi) is 4.00. The highest BCUT2D eigenvalue weighted by atomic mass is 32.1. The first-order chi connectivity index (χ1) is 8.61. The maximum Gasteiger partial charge on any atom is 0.0945 e. The van der Waals surface area contributed by atoms with Gasteiger partial charge in [0, 0.05) is 18.4 Å². The van der Waals surface area contributed by atoms with E-state index in [0.29, 0.717) is 12.5 Å². The maximum atomic E-state index is 9.68. The molecule has 98 valence electrons. The molecule has 0 aliphatic heterocycles. The number of para-hydroxylation sites is 1. The van der Waals surface area contributed by atoms with Gasteiger partial charge in [-0.1, -0.05) is 26.0 Å². The van der Waals surface area contributed by atoms with E-state index in [1.54, 1.807) is 11.3 Å².